The third-order valence-electron chi connectivity index (χ3n) is 12.2. The van der Waals surface area contributed by atoms with Crippen molar-refractivity contribution in [1.82, 2.24) is 25.9 Å². The Morgan fingerprint density at radius 1 is 1.15 bits per heavy atom. The van der Waals surface area contributed by atoms with E-state index in [0.29, 0.717) is 42.2 Å². The number of para-hydroxylation sites is 1. The van der Waals surface area contributed by atoms with Gasteiger partial charge in [-0.2, -0.15) is 5.06 Å². The van der Waals surface area contributed by atoms with Gasteiger partial charge in [0.05, 0.1) is 25.7 Å². The quantitative estimate of drug-likeness (QED) is 0.171. The van der Waals surface area contributed by atoms with Crippen molar-refractivity contribution < 1.29 is 29.0 Å². The number of ether oxygens (including phenoxy) is 2. The average molecular weight is 738 g/mol. The Bertz CT molecular complexity index is 1590. The summed E-state index contributed by atoms with van der Waals surface area (Å²) >= 11 is 0. The molecule has 0 aromatic heterocycles. The van der Waals surface area contributed by atoms with E-state index in [2.05, 4.69) is 42.8 Å². The van der Waals surface area contributed by atoms with Gasteiger partial charge in [-0.1, -0.05) is 39.0 Å². The van der Waals surface area contributed by atoms with Crippen LogP contribution >= 0.6 is 0 Å². The molecule has 4 aliphatic rings. The zero-order valence-corrected chi connectivity index (χ0v) is 33.3. The maximum atomic E-state index is 14.6. The maximum absolute atomic E-state index is 14.6. The number of alkyl carbamates (subject to hydrolysis) is 1. The molecule has 2 bridgehead atoms. The summed E-state index contributed by atoms with van der Waals surface area (Å²) in [4.78, 5) is 38.1. The molecule has 0 spiro atoms. The van der Waals surface area contributed by atoms with E-state index in [9.17, 15) is 14.7 Å². The molecule has 3 aliphatic carbocycles. The molecule has 6 rings (SSSR count). The minimum absolute atomic E-state index is 0.0354. The van der Waals surface area contributed by atoms with Crippen LogP contribution in [0, 0.1) is 29.1 Å². The zero-order valence-electron chi connectivity index (χ0n) is 33.3. The van der Waals surface area contributed by atoms with Crippen molar-refractivity contribution >= 4 is 17.7 Å². The second-order valence-corrected chi connectivity index (χ2v) is 16.3. The van der Waals surface area contributed by atoms with E-state index in [1.807, 2.05) is 75.2 Å². The highest BCUT2D eigenvalue weighted by Crippen LogP contribution is 2.61. The normalized spacial score (nSPS) is 27.5. The average Bonchev–Trinajstić information content (AvgIpc) is 3.49. The predicted octanol–water partition coefficient (Wildman–Crippen LogP) is 3.56. The standard InChI is InChI=1S/C40H63N7O6/c1-23-31-19-28(40(31,3)4)20-32(23)44-38(49)35-34(24(2)52-39(50)43-14-15-45(6)7)33(21-41)53-47(35)22-25-12-11-13-30(36(25)51-10)26-16-27(37(48)42-5)18-29(17-26)46(8)9/h11-13,16-18,23-24,28,31-35,37,42,48H,14-15,19-22,41H2,1-10H3,(H,43,50)(H,44,49)/t23-,24-,28+,31-,32-,33-,34+,35-,37?/m0/s1. The van der Waals surface area contributed by atoms with Gasteiger partial charge in [-0.05, 0) is 93.4 Å². The van der Waals surface area contributed by atoms with Gasteiger partial charge in [0.1, 0.15) is 24.1 Å². The molecule has 3 saturated carbocycles. The lowest BCUT2D eigenvalue weighted by Gasteiger charge is -2.62. The minimum Gasteiger partial charge on any atom is -0.496 e. The van der Waals surface area contributed by atoms with Gasteiger partial charge in [-0.3, -0.25) is 14.9 Å². The van der Waals surface area contributed by atoms with Crippen molar-refractivity contribution in [2.45, 2.75) is 77.6 Å². The number of hydrogen-bond acceptors (Lipinski definition) is 11. The number of nitrogens with zero attached hydrogens (tertiary/aromatic N) is 3. The number of nitrogens with two attached hydrogens (primary N) is 1. The Morgan fingerprint density at radius 2 is 1.89 bits per heavy atom. The van der Waals surface area contributed by atoms with Crippen molar-refractivity contribution in [3.05, 3.63) is 47.5 Å². The summed E-state index contributed by atoms with van der Waals surface area (Å²) in [6, 6.07) is 11.1. The Kier molecular flexibility index (Phi) is 13.0. The van der Waals surface area contributed by atoms with Gasteiger partial charge in [0.15, 0.2) is 0 Å². The minimum atomic E-state index is -0.853. The van der Waals surface area contributed by atoms with Crippen LogP contribution in [0.5, 0.6) is 5.75 Å². The Balaban J connectivity index is 1.47. The van der Waals surface area contributed by atoms with Crippen molar-refractivity contribution in [1.29, 1.82) is 0 Å². The maximum Gasteiger partial charge on any atom is 0.407 e. The van der Waals surface area contributed by atoms with E-state index in [1.165, 1.54) is 6.42 Å². The number of rotatable bonds is 15. The van der Waals surface area contributed by atoms with Crippen LogP contribution in [0.4, 0.5) is 10.5 Å². The molecule has 9 atom stereocenters. The lowest BCUT2D eigenvalue weighted by atomic mass is 9.45. The third-order valence-corrected chi connectivity index (χ3v) is 12.2. The third kappa shape index (κ3) is 8.60. The molecular weight excluding hydrogens is 674 g/mol. The van der Waals surface area contributed by atoms with E-state index >= 15 is 0 Å². The SMILES string of the molecule is CNC(O)c1cc(-c2cccc(CN3O[C@@H](CN)[C@@H]([C@H](C)OC(=O)NCCN(C)C)[C@H]3C(=O)N[C@H]3C[C@H]4C[C@@H]([C@@H]3C)C4(C)C)c2OC)cc(N(C)C)c1. The van der Waals surface area contributed by atoms with Gasteiger partial charge in [-0.25, -0.2) is 4.79 Å². The first kappa shape index (κ1) is 40.7. The molecule has 13 nitrogen and oxygen atoms in total. The molecule has 2 aromatic rings. The Morgan fingerprint density at radius 3 is 2.49 bits per heavy atom. The van der Waals surface area contributed by atoms with E-state index < -0.39 is 36.5 Å². The van der Waals surface area contributed by atoms with Gasteiger partial charge in [0.2, 0.25) is 5.91 Å². The summed E-state index contributed by atoms with van der Waals surface area (Å²) in [6.45, 7) is 10.2. The molecule has 0 radical (unpaired) electrons. The summed E-state index contributed by atoms with van der Waals surface area (Å²) in [5.41, 5.74) is 10.7. The fourth-order valence-electron chi connectivity index (χ4n) is 8.90. The van der Waals surface area contributed by atoms with Crippen molar-refractivity contribution in [2.24, 2.45) is 34.8 Å². The van der Waals surface area contributed by atoms with E-state index in [1.54, 1.807) is 19.2 Å². The second-order valence-electron chi connectivity index (χ2n) is 16.3. The number of hydrogen-bond donors (Lipinski definition) is 5. The summed E-state index contributed by atoms with van der Waals surface area (Å²) in [7, 11) is 11.1. The van der Waals surface area contributed by atoms with Gasteiger partial charge in [0.25, 0.3) is 0 Å². The summed E-state index contributed by atoms with van der Waals surface area (Å²) in [5, 5.41) is 21.6. The molecule has 4 fully saturated rings. The number of amides is 2. The van der Waals surface area contributed by atoms with Crippen molar-refractivity contribution in [2.75, 3.05) is 66.9 Å². The highest BCUT2D eigenvalue weighted by atomic mass is 16.7. The van der Waals surface area contributed by atoms with Crippen molar-refractivity contribution in [3.8, 4) is 16.9 Å². The summed E-state index contributed by atoms with van der Waals surface area (Å²) in [6.07, 6.45) is -0.530. The van der Waals surface area contributed by atoms with Crippen LogP contribution in [0.3, 0.4) is 0 Å². The molecule has 1 aliphatic heterocycles. The number of aliphatic hydroxyl groups excluding tert-OH is 1. The fraction of sp³-hybridized carbons (Fsp3) is 0.650. The first-order valence-electron chi connectivity index (χ1n) is 19.0. The van der Waals surface area contributed by atoms with Crippen molar-refractivity contribution in [3.63, 3.8) is 0 Å². The Labute approximate surface area is 315 Å². The molecule has 2 aromatic carbocycles. The number of anilines is 1. The molecule has 13 heteroatoms. The molecule has 53 heavy (non-hydrogen) atoms. The highest BCUT2D eigenvalue weighted by molar-refractivity contribution is 5.83. The second kappa shape index (κ2) is 16.9. The van der Waals surface area contributed by atoms with E-state index in [-0.39, 0.29) is 30.5 Å². The fourth-order valence-corrected chi connectivity index (χ4v) is 8.90. The topological polar surface area (TPSA) is 154 Å². The first-order valence-corrected chi connectivity index (χ1v) is 19.0. The van der Waals surface area contributed by atoms with Crippen LogP contribution in [0.2, 0.25) is 0 Å². The Hall–Kier alpha value is -3.46. The first-order chi connectivity index (χ1) is 25.1. The van der Waals surface area contributed by atoms with Gasteiger partial charge in [-0.15, -0.1) is 0 Å². The number of methoxy groups -OCH3 is 1. The number of likely N-dealkylation sites (N-methyl/N-ethyl adjacent to an activating group) is 1. The largest absolute Gasteiger partial charge is 0.496 e. The lowest BCUT2D eigenvalue weighted by Crippen LogP contribution is -2.62. The van der Waals surface area contributed by atoms with Gasteiger partial charge in [0, 0.05) is 56.6 Å². The van der Waals surface area contributed by atoms with E-state index in [0.717, 1.165) is 28.8 Å². The molecular formula is C40H63N7O6. The van der Waals surface area contributed by atoms with Gasteiger partial charge < -0.3 is 40.7 Å². The molecule has 1 saturated heterocycles. The highest BCUT2D eigenvalue weighted by Gasteiger charge is 2.57. The zero-order chi connectivity index (χ0) is 38.8. The number of hydroxylamine groups is 2. The molecule has 2 amide bonds. The number of carbonyl (C=O) groups is 2. The monoisotopic (exact) mass is 737 g/mol. The number of nitrogens with one attached hydrogen (secondary N) is 3. The van der Waals surface area contributed by atoms with Crippen LogP contribution in [0.15, 0.2) is 36.4 Å². The number of benzene rings is 2. The number of carbonyl (C=O) groups excluding carboxylic acids is 2. The van der Waals surface area contributed by atoms with Crippen LogP contribution < -0.4 is 31.3 Å². The number of fused-ring (bicyclic) bond motifs is 2. The van der Waals surface area contributed by atoms with Crippen LogP contribution in [0.1, 0.15) is 57.9 Å². The van der Waals surface area contributed by atoms with Gasteiger partial charge >= 0.3 is 6.09 Å². The lowest BCUT2D eigenvalue weighted by molar-refractivity contribution is -0.175. The predicted molar refractivity (Wildman–Crippen MR) is 207 cm³/mol. The number of aliphatic hydroxyl groups is 1. The summed E-state index contributed by atoms with van der Waals surface area (Å²) in [5.74, 6) is 1.37. The van der Waals surface area contributed by atoms with E-state index in [4.69, 9.17) is 20.0 Å². The molecule has 6 N–H and O–H groups in total. The summed E-state index contributed by atoms with van der Waals surface area (Å²) < 4.78 is 12.0. The van der Waals surface area contributed by atoms with Crippen LogP contribution in [-0.2, 0) is 20.9 Å². The van der Waals surface area contributed by atoms with Crippen LogP contribution in [-0.4, -0.2) is 113 Å². The molecule has 1 heterocycles. The van der Waals surface area contributed by atoms with Crippen LogP contribution in [0.25, 0.3) is 11.1 Å². The molecule has 294 valence electrons. The smallest absolute Gasteiger partial charge is 0.407 e. The molecule has 1 unspecified atom stereocenters.